The maximum atomic E-state index is 12.6. The summed E-state index contributed by atoms with van der Waals surface area (Å²) in [4.78, 5) is 2.32. The molecule has 2 rings (SSSR count). The van der Waals surface area contributed by atoms with Gasteiger partial charge in [0.2, 0.25) is 0 Å². The van der Waals surface area contributed by atoms with E-state index in [1.807, 2.05) is 12.1 Å². The zero-order chi connectivity index (χ0) is 9.80. The molecule has 75 valence electrons. The van der Waals surface area contributed by atoms with E-state index >= 15 is 0 Å². The molecule has 1 aromatic rings. The summed E-state index contributed by atoms with van der Waals surface area (Å²) < 4.78 is 12.6. The topological polar surface area (TPSA) is 3.24 Å². The standard InChI is InChI=1S/C12H15FN/c13-12-6-4-11(5-7-12)10-14-8-2-1-3-9-14/h4-8H,1-3,9-10H2. The van der Waals surface area contributed by atoms with Gasteiger partial charge >= 0.3 is 0 Å². The highest BCUT2D eigenvalue weighted by Gasteiger charge is 2.10. The van der Waals surface area contributed by atoms with Crippen molar-refractivity contribution < 1.29 is 4.39 Å². The molecule has 1 aromatic carbocycles. The molecule has 14 heavy (non-hydrogen) atoms. The van der Waals surface area contributed by atoms with Gasteiger partial charge in [0.1, 0.15) is 5.82 Å². The third-order valence-electron chi connectivity index (χ3n) is 2.59. The first-order valence-electron chi connectivity index (χ1n) is 5.16. The monoisotopic (exact) mass is 192 g/mol. The van der Waals surface area contributed by atoms with Crippen LogP contribution in [0.5, 0.6) is 0 Å². The fourth-order valence-corrected chi connectivity index (χ4v) is 1.79. The van der Waals surface area contributed by atoms with E-state index in [4.69, 9.17) is 0 Å². The average Bonchev–Trinajstić information content (AvgIpc) is 2.23. The molecular weight excluding hydrogens is 177 g/mol. The SMILES string of the molecule is Fc1ccc(CN2[CH]CCCC2)cc1. The van der Waals surface area contributed by atoms with Crippen LogP contribution in [0.15, 0.2) is 24.3 Å². The van der Waals surface area contributed by atoms with Gasteiger partial charge in [-0.2, -0.15) is 0 Å². The van der Waals surface area contributed by atoms with Gasteiger partial charge in [-0.15, -0.1) is 0 Å². The maximum Gasteiger partial charge on any atom is 0.123 e. The average molecular weight is 192 g/mol. The van der Waals surface area contributed by atoms with Crippen LogP contribution in [0, 0.1) is 12.4 Å². The molecule has 0 saturated carbocycles. The molecule has 0 unspecified atom stereocenters. The number of rotatable bonds is 2. The van der Waals surface area contributed by atoms with E-state index in [1.165, 1.54) is 37.0 Å². The molecule has 1 radical (unpaired) electrons. The Morgan fingerprint density at radius 1 is 1.14 bits per heavy atom. The van der Waals surface area contributed by atoms with Crippen LogP contribution < -0.4 is 0 Å². The molecule has 0 spiro atoms. The van der Waals surface area contributed by atoms with E-state index in [0.717, 1.165) is 13.1 Å². The predicted molar refractivity (Wildman–Crippen MR) is 55.0 cm³/mol. The number of piperidine rings is 1. The summed E-state index contributed by atoms with van der Waals surface area (Å²) in [7, 11) is 0. The van der Waals surface area contributed by atoms with Gasteiger partial charge in [-0.3, -0.25) is 4.90 Å². The number of hydrogen-bond acceptors (Lipinski definition) is 1. The van der Waals surface area contributed by atoms with Crippen molar-refractivity contribution in [1.29, 1.82) is 0 Å². The molecule has 1 saturated heterocycles. The summed E-state index contributed by atoms with van der Waals surface area (Å²) in [6.07, 6.45) is 3.76. The lowest BCUT2D eigenvalue weighted by Crippen LogP contribution is -2.24. The minimum Gasteiger partial charge on any atom is -0.295 e. The lowest BCUT2D eigenvalue weighted by atomic mass is 10.1. The van der Waals surface area contributed by atoms with Crippen molar-refractivity contribution in [3.8, 4) is 0 Å². The van der Waals surface area contributed by atoms with Gasteiger partial charge < -0.3 is 0 Å². The quantitative estimate of drug-likeness (QED) is 0.696. The minimum atomic E-state index is -0.156. The second-order valence-corrected chi connectivity index (χ2v) is 3.78. The second kappa shape index (κ2) is 4.56. The number of likely N-dealkylation sites (tertiary alicyclic amines) is 1. The molecule has 1 fully saturated rings. The minimum absolute atomic E-state index is 0.156. The lowest BCUT2D eigenvalue weighted by molar-refractivity contribution is 0.274. The van der Waals surface area contributed by atoms with Crippen LogP contribution in [-0.2, 0) is 6.54 Å². The summed E-state index contributed by atoms with van der Waals surface area (Å²) in [5.74, 6) is -0.156. The number of hydrogen-bond donors (Lipinski definition) is 0. The zero-order valence-corrected chi connectivity index (χ0v) is 8.25. The van der Waals surface area contributed by atoms with Crippen LogP contribution in [0.1, 0.15) is 24.8 Å². The van der Waals surface area contributed by atoms with Crippen molar-refractivity contribution in [2.45, 2.75) is 25.8 Å². The van der Waals surface area contributed by atoms with Gasteiger partial charge in [0.05, 0.1) is 0 Å². The summed E-state index contributed by atoms with van der Waals surface area (Å²) in [6, 6.07) is 6.77. The van der Waals surface area contributed by atoms with Gasteiger partial charge in [0, 0.05) is 13.1 Å². The summed E-state index contributed by atoms with van der Waals surface area (Å²) in [6.45, 7) is 4.31. The van der Waals surface area contributed by atoms with E-state index < -0.39 is 0 Å². The van der Waals surface area contributed by atoms with E-state index in [0.29, 0.717) is 0 Å². The zero-order valence-electron chi connectivity index (χ0n) is 8.25. The van der Waals surface area contributed by atoms with Crippen molar-refractivity contribution in [3.63, 3.8) is 0 Å². The second-order valence-electron chi connectivity index (χ2n) is 3.78. The lowest BCUT2D eigenvalue weighted by Gasteiger charge is -2.25. The molecule has 1 heterocycles. The summed E-state index contributed by atoms with van der Waals surface area (Å²) in [5, 5.41) is 0. The van der Waals surface area contributed by atoms with E-state index in [-0.39, 0.29) is 5.82 Å². The molecular formula is C12H15FN. The summed E-state index contributed by atoms with van der Waals surface area (Å²) in [5.41, 5.74) is 1.18. The van der Waals surface area contributed by atoms with Crippen LogP contribution in [0.3, 0.4) is 0 Å². The highest BCUT2D eigenvalue weighted by Crippen LogP contribution is 2.16. The van der Waals surface area contributed by atoms with Crippen molar-refractivity contribution in [2.24, 2.45) is 0 Å². The Labute approximate surface area is 84.5 Å². The number of benzene rings is 1. The highest BCUT2D eigenvalue weighted by molar-refractivity contribution is 5.16. The normalized spacial score (nSPS) is 18.4. The van der Waals surface area contributed by atoms with Crippen molar-refractivity contribution in [3.05, 3.63) is 42.2 Å². The Bertz CT molecular complexity index is 275. The Hall–Kier alpha value is -0.890. The van der Waals surface area contributed by atoms with Crippen molar-refractivity contribution in [2.75, 3.05) is 6.54 Å². The molecule has 0 bridgehead atoms. The molecule has 0 aromatic heterocycles. The molecule has 0 atom stereocenters. The first-order chi connectivity index (χ1) is 6.84. The predicted octanol–water partition coefficient (Wildman–Crippen LogP) is 2.97. The first kappa shape index (κ1) is 9.66. The van der Waals surface area contributed by atoms with Gasteiger partial charge in [0.25, 0.3) is 0 Å². The van der Waals surface area contributed by atoms with Gasteiger partial charge in [0.15, 0.2) is 0 Å². The van der Waals surface area contributed by atoms with E-state index in [2.05, 4.69) is 11.4 Å². The molecule has 0 amide bonds. The molecule has 1 aliphatic rings. The third kappa shape index (κ3) is 2.55. The van der Waals surface area contributed by atoms with Crippen LogP contribution >= 0.6 is 0 Å². The van der Waals surface area contributed by atoms with Crippen LogP contribution in [0.25, 0.3) is 0 Å². The van der Waals surface area contributed by atoms with E-state index in [1.54, 1.807) is 0 Å². The fraction of sp³-hybridized carbons (Fsp3) is 0.417. The molecule has 0 aliphatic carbocycles. The van der Waals surface area contributed by atoms with Crippen molar-refractivity contribution >= 4 is 0 Å². The molecule has 1 aliphatic heterocycles. The van der Waals surface area contributed by atoms with Crippen molar-refractivity contribution in [1.82, 2.24) is 4.90 Å². The first-order valence-corrected chi connectivity index (χ1v) is 5.16. The maximum absolute atomic E-state index is 12.6. The molecule has 2 heteroatoms. The Morgan fingerprint density at radius 2 is 1.93 bits per heavy atom. The van der Waals surface area contributed by atoms with Gasteiger partial charge in [-0.05, 0) is 37.1 Å². The number of halogens is 1. The largest absolute Gasteiger partial charge is 0.295 e. The van der Waals surface area contributed by atoms with Gasteiger partial charge in [-0.1, -0.05) is 18.6 Å². The molecule has 1 nitrogen and oxygen atoms in total. The third-order valence-corrected chi connectivity index (χ3v) is 2.59. The van der Waals surface area contributed by atoms with Crippen LogP contribution in [-0.4, -0.2) is 11.4 Å². The smallest absolute Gasteiger partial charge is 0.123 e. The van der Waals surface area contributed by atoms with Crippen LogP contribution in [0.2, 0.25) is 0 Å². The number of nitrogens with zero attached hydrogens (tertiary/aromatic N) is 1. The molecule has 0 N–H and O–H groups in total. The highest BCUT2D eigenvalue weighted by atomic mass is 19.1. The van der Waals surface area contributed by atoms with E-state index in [9.17, 15) is 4.39 Å². The van der Waals surface area contributed by atoms with Gasteiger partial charge in [-0.25, -0.2) is 4.39 Å². The Balaban J connectivity index is 1.92. The summed E-state index contributed by atoms with van der Waals surface area (Å²) >= 11 is 0. The van der Waals surface area contributed by atoms with Crippen LogP contribution in [0.4, 0.5) is 4.39 Å². The fourth-order valence-electron chi connectivity index (χ4n) is 1.79. The Morgan fingerprint density at radius 3 is 2.57 bits per heavy atom. The Kier molecular flexibility index (Phi) is 3.14.